The zero-order valence-corrected chi connectivity index (χ0v) is 25.7. The van der Waals surface area contributed by atoms with Crippen LogP contribution < -0.4 is 0 Å². The van der Waals surface area contributed by atoms with E-state index >= 15 is 0 Å². The molecule has 0 aliphatic carbocycles. The van der Waals surface area contributed by atoms with Crippen LogP contribution in [0.1, 0.15) is 0 Å². The minimum Gasteiger partial charge on any atom is -0.293 e. The molecule has 0 unspecified atom stereocenters. The smallest absolute Gasteiger partial charge is 0.162 e. The molecule has 0 atom stereocenters. The Balaban J connectivity index is 1.38. The number of hydrogen-bond acceptors (Lipinski definition) is 4. The fraction of sp³-hybridized carbons (Fsp3) is 0. The summed E-state index contributed by atoms with van der Waals surface area (Å²) in [5.74, 6) is 1.58. The summed E-state index contributed by atoms with van der Waals surface area (Å²) in [6.45, 7) is 0. The van der Waals surface area contributed by atoms with Gasteiger partial charge >= 0.3 is 0 Å². The van der Waals surface area contributed by atoms with E-state index in [0.29, 0.717) is 5.82 Å². The SMILES string of the molecule is c1ccc(-c2nc(-n3c4ccccc4c4c5c(ccc43)c3sc4ccccc4c3n3c4ccccc4nc53)c3ccccc3n2)cc1. The van der Waals surface area contributed by atoms with Gasteiger partial charge in [0.1, 0.15) is 11.5 Å². The van der Waals surface area contributed by atoms with Gasteiger partial charge in [0.2, 0.25) is 0 Å². The summed E-state index contributed by atoms with van der Waals surface area (Å²) >= 11 is 1.86. The lowest BCUT2D eigenvalue weighted by molar-refractivity contribution is 1.08. The highest BCUT2D eigenvalue weighted by atomic mass is 32.1. The predicted octanol–water partition coefficient (Wildman–Crippen LogP) is 10.7. The van der Waals surface area contributed by atoms with Crippen molar-refractivity contribution in [3.8, 4) is 17.2 Å². The van der Waals surface area contributed by atoms with E-state index in [2.05, 4.69) is 124 Å². The van der Waals surface area contributed by atoms with E-state index in [1.807, 2.05) is 35.6 Å². The molecule has 0 saturated carbocycles. The Kier molecular flexibility index (Phi) is 4.93. The molecule has 6 heteroatoms. The lowest BCUT2D eigenvalue weighted by Crippen LogP contribution is -2.02. The van der Waals surface area contributed by atoms with E-state index < -0.39 is 0 Å². The second kappa shape index (κ2) is 9.22. The van der Waals surface area contributed by atoms with Crippen LogP contribution >= 0.6 is 11.3 Å². The van der Waals surface area contributed by atoms with Gasteiger partial charge in [0.15, 0.2) is 5.82 Å². The monoisotopic (exact) mass is 617 g/mol. The Morgan fingerprint density at radius 1 is 0.468 bits per heavy atom. The van der Waals surface area contributed by atoms with Gasteiger partial charge < -0.3 is 0 Å². The molecule has 0 aliphatic heterocycles. The highest BCUT2D eigenvalue weighted by Crippen LogP contribution is 2.46. The summed E-state index contributed by atoms with van der Waals surface area (Å²) in [6.07, 6.45) is 0. The normalized spacial score (nSPS) is 12.3. The zero-order valence-electron chi connectivity index (χ0n) is 24.9. The molecule has 0 radical (unpaired) electrons. The van der Waals surface area contributed by atoms with Gasteiger partial charge in [0.25, 0.3) is 0 Å². The second-order valence-electron chi connectivity index (χ2n) is 12.0. The number of imidazole rings is 1. The van der Waals surface area contributed by atoms with Crippen molar-refractivity contribution in [1.29, 1.82) is 0 Å². The molecule has 0 bridgehead atoms. The van der Waals surface area contributed by atoms with E-state index in [9.17, 15) is 0 Å². The average Bonchev–Trinajstić information content (AvgIpc) is 3.81. The Morgan fingerprint density at radius 2 is 1.17 bits per heavy atom. The topological polar surface area (TPSA) is 48.0 Å². The van der Waals surface area contributed by atoms with Gasteiger partial charge in [-0.2, -0.15) is 0 Å². The van der Waals surface area contributed by atoms with Gasteiger partial charge in [-0.25, -0.2) is 15.0 Å². The summed E-state index contributed by atoms with van der Waals surface area (Å²) < 4.78 is 7.27. The van der Waals surface area contributed by atoms with Crippen LogP contribution in [0, 0.1) is 0 Å². The molecule has 6 aromatic carbocycles. The minimum absolute atomic E-state index is 0.708. The van der Waals surface area contributed by atoms with Gasteiger partial charge in [0, 0.05) is 42.6 Å². The number of nitrogens with zero attached hydrogens (tertiary/aromatic N) is 5. The van der Waals surface area contributed by atoms with Crippen molar-refractivity contribution in [3.63, 3.8) is 0 Å². The molecular formula is C41H23N5S. The fourth-order valence-corrected chi connectivity index (χ4v) is 8.73. The quantitative estimate of drug-likeness (QED) is 0.194. The van der Waals surface area contributed by atoms with Crippen molar-refractivity contribution in [2.24, 2.45) is 0 Å². The predicted molar refractivity (Wildman–Crippen MR) is 196 cm³/mol. The van der Waals surface area contributed by atoms with E-state index in [1.54, 1.807) is 0 Å². The third-order valence-corrected chi connectivity index (χ3v) is 10.7. The van der Waals surface area contributed by atoms with Crippen molar-refractivity contribution < 1.29 is 0 Å². The van der Waals surface area contributed by atoms with Gasteiger partial charge in [0.05, 0.1) is 37.8 Å². The van der Waals surface area contributed by atoms with Crippen molar-refractivity contribution in [1.82, 2.24) is 23.9 Å². The number of pyridine rings is 1. The maximum absolute atomic E-state index is 5.36. The number of rotatable bonds is 2. The van der Waals surface area contributed by atoms with Crippen molar-refractivity contribution in [2.75, 3.05) is 0 Å². The number of benzene rings is 6. The van der Waals surface area contributed by atoms with Crippen LogP contribution in [0.25, 0.3) is 97.7 Å². The Bertz CT molecular complexity index is 3080. The molecule has 0 fully saturated rings. The number of thiophene rings is 1. The van der Waals surface area contributed by atoms with Crippen molar-refractivity contribution in [2.45, 2.75) is 0 Å². The summed E-state index contributed by atoms with van der Waals surface area (Å²) in [5.41, 5.74) is 8.40. The first-order valence-corrected chi connectivity index (χ1v) is 16.5. The molecule has 0 spiro atoms. The Labute approximate surface area is 271 Å². The second-order valence-corrected chi connectivity index (χ2v) is 13.1. The maximum atomic E-state index is 5.36. The van der Waals surface area contributed by atoms with Gasteiger partial charge in [-0.3, -0.25) is 8.97 Å². The number of para-hydroxylation sites is 4. The molecule has 5 aromatic heterocycles. The zero-order chi connectivity index (χ0) is 30.6. The third kappa shape index (κ3) is 3.34. The van der Waals surface area contributed by atoms with Crippen LogP contribution in [-0.4, -0.2) is 23.9 Å². The molecule has 218 valence electrons. The molecule has 5 nitrogen and oxygen atoms in total. The lowest BCUT2D eigenvalue weighted by atomic mass is 10.0. The first kappa shape index (κ1) is 25.1. The molecular weight excluding hydrogens is 595 g/mol. The standard InChI is InChI=1S/C41H23N5S/c1-2-12-24(13-3-1)39-42-29-17-7-4-14-25(29)40(44-39)45-31-19-9-5-15-26(31)35-33(45)23-22-28-36(35)41-43-30-18-8-10-20-32(30)46(41)37-27-16-6-11-21-34(27)47-38(28)37/h1-23H. The minimum atomic E-state index is 0.708. The first-order valence-electron chi connectivity index (χ1n) is 15.7. The summed E-state index contributed by atoms with van der Waals surface area (Å²) in [4.78, 5) is 15.7. The molecule has 5 heterocycles. The number of aromatic nitrogens is 5. The summed E-state index contributed by atoms with van der Waals surface area (Å²) in [5, 5.41) is 7.00. The third-order valence-electron chi connectivity index (χ3n) is 9.49. The number of fused-ring (bicyclic) bond motifs is 15. The molecule has 0 amide bonds. The van der Waals surface area contributed by atoms with Crippen LogP contribution in [-0.2, 0) is 0 Å². The molecule has 47 heavy (non-hydrogen) atoms. The Hall–Kier alpha value is -6.11. The summed E-state index contributed by atoms with van der Waals surface area (Å²) in [7, 11) is 0. The van der Waals surface area contributed by atoms with Crippen LogP contribution in [0.3, 0.4) is 0 Å². The van der Waals surface area contributed by atoms with Crippen LogP contribution in [0.15, 0.2) is 140 Å². The average molecular weight is 618 g/mol. The molecule has 0 saturated heterocycles. The van der Waals surface area contributed by atoms with Crippen molar-refractivity contribution >= 4 is 91.8 Å². The van der Waals surface area contributed by atoms with Crippen LogP contribution in [0.4, 0.5) is 0 Å². The van der Waals surface area contributed by atoms with Gasteiger partial charge in [-0.15, -0.1) is 11.3 Å². The number of hydrogen-bond donors (Lipinski definition) is 0. The van der Waals surface area contributed by atoms with E-state index in [1.165, 1.54) is 36.5 Å². The lowest BCUT2D eigenvalue weighted by Gasteiger charge is -2.13. The maximum Gasteiger partial charge on any atom is 0.162 e. The van der Waals surface area contributed by atoms with E-state index in [4.69, 9.17) is 15.0 Å². The van der Waals surface area contributed by atoms with E-state index in [0.717, 1.165) is 55.4 Å². The molecule has 11 aromatic rings. The van der Waals surface area contributed by atoms with Crippen molar-refractivity contribution in [3.05, 3.63) is 140 Å². The highest BCUT2D eigenvalue weighted by molar-refractivity contribution is 7.26. The van der Waals surface area contributed by atoms with Crippen LogP contribution in [0.2, 0.25) is 0 Å². The first-order chi connectivity index (χ1) is 23.3. The molecule has 11 rings (SSSR count). The van der Waals surface area contributed by atoms with Crippen LogP contribution in [0.5, 0.6) is 0 Å². The van der Waals surface area contributed by atoms with Gasteiger partial charge in [-0.1, -0.05) is 97.1 Å². The largest absolute Gasteiger partial charge is 0.293 e. The van der Waals surface area contributed by atoms with Gasteiger partial charge in [-0.05, 0) is 42.5 Å². The molecule has 0 aliphatic rings. The summed E-state index contributed by atoms with van der Waals surface area (Å²) in [6, 6.07) is 49.1. The fourth-order valence-electron chi connectivity index (χ4n) is 7.51. The van der Waals surface area contributed by atoms with E-state index in [-0.39, 0.29) is 0 Å². The Morgan fingerprint density at radius 3 is 2.04 bits per heavy atom. The molecule has 0 N–H and O–H groups in total. The highest BCUT2D eigenvalue weighted by Gasteiger charge is 2.24.